The zero-order valence-electron chi connectivity index (χ0n) is 12.2. The van der Waals surface area contributed by atoms with Gasteiger partial charge in [0.1, 0.15) is 13.2 Å². The quantitative estimate of drug-likeness (QED) is 0.678. The molecule has 0 bridgehead atoms. The normalized spacial score (nSPS) is 21.5. The Morgan fingerprint density at radius 1 is 1.05 bits per heavy atom. The van der Waals surface area contributed by atoms with Crippen LogP contribution in [0.2, 0.25) is 0 Å². The van der Waals surface area contributed by atoms with Crippen LogP contribution in [0.3, 0.4) is 0 Å². The Kier molecular flexibility index (Phi) is 4.95. The van der Waals surface area contributed by atoms with E-state index < -0.39 is 0 Å². The average molecular weight is 285 g/mol. The molecule has 1 N–H and O–H groups in total. The van der Waals surface area contributed by atoms with Crippen LogP contribution in [0.1, 0.15) is 6.92 Å². The van der Waals surface area contributed by atoms with E-state index in [0.717, 1.165) is 13.1 Å². The maximum absolute atomic E-state index is 12.0. The molecule has 2 heterocycles. The van der Waals surface area contributed by atoms with Gasteiger partial charge in [0.05, 0.1) is 5.60 Å². The largest absolute Gasteiger partial charge is 0.375 e. The first-order valence-corrected chi connectivity index (χ1v) is 6.93. The molecule has 0 aromatic carbocycles. The molecule has 0 aromatic rings. The lowest BCUT2D eigenvalue weighted by Crippen LogP contribution is -2.60. The Bertz CT molecular complexity index is 363. The Labute approximate surface area is 119 Å². The molecule has 0 radical (unpaired) electrons. The van der Waals surface area contributed by atoms with E-state index in [1.165, 1.54) is 7.11 Å². The molecular weight excluding hydrogens is 262 g/mol. The van der Waals surface area contributed by atoms with Gasteiger partial charge < -0.3 is 24.6 Å². The molecule has 114 valence electrons. The molecule has 7 heteroatoms. The van der Waals surface area contributed by atoms with Crippen LogP contribution in [-0.2, 0) is 19.1 Å². The van der Waals surface area contributed by atoms with Crippen molar-refractivity contribution in [1.29, 1.82) is 0 Å². The van der Waals surface area contributed by atoms with Gasteiger partial charge in [-0.1, -0.05) is 0 Å². The Morgan fingerprint density at radius 2 is 1.55 bits per heavy atom. The van der Waals surface area contributed by atoms with Crippen molar-refractivity contribution < 1.29 is 19.1 Å². The number of piperazine rings is 1. The van der Waals surface area contributed by atoms with Gasteiger partial charge >= 0.3 is 0 Å². The van der Waals surface area contributed by atoms with Gasteiger partial charge in [-0.25, -0.2) is 0 Å². The van der Waals surface area contributed by atoms with Gasteiger partial charge in [0, 0.05) is 46.4 Å². The summed E-state index contributed by atoms with van der Waals surface area (Å²) >= 11 is 0. The van der Waals surface area contributed by atoms with E-state index >= 15 is 0 Å². The summed E-state index contributed by atoms with van der Waals surface area (Å²) in [7, 11) is 1.50. The molecule has 2 aliphatic heterocycles. The molecule has 2 amide bonds. The fraction of sp³-hybridized carbons (Fsp3) is 0.846. The van der Waals surface area contributed by atoms with Crippen LogP contribution in [-0.4, -0.2) is 86.8 Å². The molecule has 20 heavy (non-hydrogen) atoms. The Morgan fingerprint density at radius 3 is 1.95 bits per heavy atom. The van der Waals surface area contributed by atoms with Crippen LogP contribution in [0, 0.1) is 0 Å². The van der Waals surface area contributed by atoms with Crippen molar-refractivity contribution in [1.82, 2.24) is 15.1 Å². The summed E-state index contributed by atoms with van der Waals surface area (Å²) in [5.74, 6) is -0.0270. The highest BCUT2D eigenvalue weighted by molar-refractivity contribution is 5.79. The Balaban J connectivity index is 1.70. The fourth-order valence-corrected chi connectivity index (χ4v) is 2.33. The van der Waals surface area contributed by atoms with E-state index in [4.69, 9.17) is 9.47 Å². The highest BCUT2D eigenvalue weighted by Gasteiger charge is 2.34. The topological polar surface area (TPSA) is 71.1 Å². The van der Waals surface area contributed by atoms with Crippen LogP contribution in [0.4, 0.5) is 0 Å². The standard InChI is InChI=1S/C13H23N3O4/c1-13(9-14-10-13)20-8-12(18)16-5-3-15(4-6-16)11(17)7-19-2/h14H,3-10H2,1-2H3. The third-order valence-electron chi connectivity index (χ3n) is 3.79. The molecule has 2 fully saturated rings. The predicted molar refractivity (Wildman–Crippen MR) is 72.3 cm³/mol. The summed E-state index contributed by atoms with van der Waals surface area (Å²) in [6.45, 7) is 6.04. The predicted octanol–water partition coefficient (Wildman–Crippen LogP) is -1.32. The third kappa shape index (κ3) is 3.68. The molecule has 2 saturated heterocycles. The van der Waals surface area contributed by atoms with E-state index in [2.05, 4.69) is 5.32 Å². The summed E-state index contributed by atoms with van der Waals surface area (Å²) in [6, 6.07) is 0. The van der Waals surface area contributed by atoms with E-state index in [0.29, 0.717) is 26.2 Å². The third-order valence-corrected chi connectivity index (χ3v) is 3.79. The highest BCUT2D eigenvalue weighted by atomic mass is 16.5. The second-order valence-electron chi connectivity index (χ2n) is 5.54. The molecular formula is C13H23N3O4. The van der Waals surface area contributed by atoms with Crippen LogP contribution >= 0.6 is 0 Å². The minimum Gasteiger partial charge on any atom is -0.375 e. The highest BCUT2D eigenvalue weighted by Crippen LogP contribution is 2.15. The molecule has 0 atom stereocenters. The SMILES string of the molecule is COCC(=O)N1CCN(C(=O)COC2(C)CNC2)CC1. The first kappa shape index (κ1) is 15.2. The molecule has 0 unspecified atom stereocenters. The van der Waals surface area contributed by atoms with Gasteiger partial charge in [0.15, 0.2) is 0 Å². The number of carbonyl (C=O) groups excluding carboxylic acids is 2. The maximum Gasteiger partial charge on any atom is 0.248 e. The van der Waals surface area contributed by atoms with Gasteiger partial charge in [-0.05, 0) is 6.92 Å². The number of rotatable bonds is 5. The van der Waals surface area contributed by atoms with Crippen molar-refractivity contribution >= 4 is 11.8 Å². The van der Waals surface area contributed by atoms with Crippen molar-refractivity contribution in [2.24, 2.45) is 0 Å². The smallest absolute Gasteiger partial charge is 0.248 e. The van der Waals surface area contributed by atoms with Crippen molar-refractivity contribution in [3.63, 3.8) is 0 Å². The Hall–Kier alpha value is -1.18. The molecule has 7 nitrogen and oxygen atoms in total. The number of methoxy groups -OCH3 is 1. The second kappa shape index (κ2) is 6.51. The zero-order valence-corrected chi connectivity index (χ0v) is 12.2. The maximum atomic E-state index is 12.0. The van der Waals surface area contributed by atoms with Crippen molar-refractivity contribution in [3.8, 4) is 0 Å². The monoisotopic (exact) mass is 285 g/mol. The van der Waals surface area contributed by atoms with E-state index in [9.17, 15) is 9.59 Å². The van der Waals surface area contributed by atoms with Crippen LogP contribution in [0.15, 0.2) is 0 Å². The van der Waals surface area contributed by atoms with Crippen LogP contribution < -0.4 is 5.32 Å². The number of nitrogens with zero attached hydrogens (tertiary/aromatic N) is 2. The van der Waals surface area contributed by atoms with Gasteiger partial charge in [-0.3, -0.25) is 9.59 Å². The minimum absolute atomic E-state index is 0.00281. The van der Waals surface area contributed by atoms with E-state index in [-0.39, 0.29) is 30.6 Å². The lowest BCUT2D eigenvalue weighted by molar-refractivity contribution is -0.150. The summed E-state index contributed by atoms with van der Waals surface area (Å²) in [5, 5.41) is 3.13. The van der Waals surface area contributed by atoms with Crippen molar-refractivity contribution in [2.75, 3.05) is 59.6 Å². The number of carbonyl (C=O) groups is 2. The number of amides is 2. The van der Waals surface area contributed by atoms with Crippen molar-refractivity contribution in [2.45, 2.75) is 12.5 Å². The summed E-state index contributed by atoms with van der Waals surface area (Å²) in [5.41, 5.74) is -0.202. The number of nitrogens with one attached hydrogen (secondary N) is 1. The molecule has 0 aliphatic carbocycles. The van der Waals surface area contributed by atoms with Crippen molar-refractivity contribution in [3.05, 3.63) is 0 Å². The van der Waals surface area contributed by atoms with E-state index in [1.54, 1.807) is 9.80 Å². The van der Waals surface area contributed by atoms with E-state index in [1.807, 2.05) is 6.92 Å². The van der Waals surface area contributed by atoms with Gasteiger partial charge in [-0.15, -0.1) is 0 Å². The van der Waals surface area contributed by atoms with Crippen LogP contribution in [0.5, 0.6) is 0 Å². The van der Waals surface area contributed by atoms with Gasteiger partial charge in [0.2, 0.25) is 11.8 Å². The average Bonchev–Trinajstić information content (AvgIpc) is 2.43. The first-order valence-electron chi connectivity index (χ1n) is 6.93. The molecule has 0 saturated carbocycles. The fourth-order valence-electron chi connectivity index (χ4n) is 2.33. The summed E-state index contributed by atoms with van der Waals surface area (Å²) < 4.78 is 10.5. The zero-order chi connectivity index (χ0) is 14.6. The minimum atomic E-state index is -0.202. The first-order chi connectivity index (χ1) is 9.54. The van der Waals surface area contributed by atoms with Gasteiger partial charge in [-0.2, -0.15) is 0 Å². The summed E-state index contributed by atoms with van der Waals surface area (Å²) in [6.07, 6.45) is 0. The molecule has 2 rings (SSSR count). The molecule has 0 spiro atoms. The number of hydrogen-bond donors (Lipinski definition) is 1. The second-order valence-corrected chi connectivity index (χ2v) is 5.54. The lowest BCUT2D eigenvalue weighted by atomic mass is 10.0. The molecule has 0 aromatic heterocycles. The van der Waals surface area contributed by atoms with Gasteiger partial charge in [0.25, 0.3) is 0 Å². The number of hydrogen-bond acceptors (Lipinski definition) is 5. The number of ether oxygens (including phenoxy) is 2. The molecule has 2 aliphatic rings. The summed E-state index contributed by atoms with van der Waals surface area (Å²) in [4.78, 5) is 27.2. The van der Waals surface area contributed by atoms with Crippen LogP contribution in [0.25, 0.3) is 0 Å². The lowest BCUT2D eigenvalue weighted by Gasteiger charge is -2.40.